The fraction of sp³-hybridized carbons (Fsp3) is 0.188. The zero-order valence-corrected chi connectivity index (χ0v) is 12.2. The van der Waals surface area contributed by atoms with E-state index in [1.54, 1.807) is 24.4 Å². The van der Waals surface area contributed by atoms with Gasteiger partial charge in [0.25, 0.3) is 5.91 Å². The van der Waals surface area contributed by atoms with Crippen LogP contribution in [0.4, 0.5) is 5.69 Å². The van der Waals surface area contributed by atoms with E-state index in [0.717, 1.165) is 22.2 Å². The van der Waals surface area contributed by atoms with Crippen LogP contribution in [0.1, 0.15) is 21.5 Å². The standard InChI is InChI=1S/C16H14N4O3/c17-12-2-1-3-13-14(12)23-16(22)20(13)15(21)11-8-19-7-9-6-18-5-4-10(9)11/h1-3,7-8,18H,4-6,17H2. The van der Waals surface area contributed by atoms with E-state index in [1.807, 2.05) is 0 Å². The third-order valence-electron chi connectivity index (χ3n) is 4.09. The largest absolute Gasteiger partial charge is 0.427 e. The molecule has 116 valence electrons. The second-order valence-electron chi connectivity index (χ2n) is 5.46. The van der Waals surface area contributed by atoms with Crippen molar-refractivity contribution in [2.24, 2.45) is 0 Å². The summed E-state index contributed by atoms with van der Waals surface area (Å²) in [5.74, 6) is -1.18. The number of carbonyl (C=O) groups is 1. The van der Waals surface area contributed by atoms with Crippen molar-refractivity contribution in [2.75, 3.05) is 12.3 Å². The molecule has 1 aromatic carbocycles. The SMILES string of the molecule is Nc1cccc2c1oc(=O)n2C(=O)c1cncc2c1CCNC2. The summed E-state index contributed by atoms with van der Waals surface area (Å²) in [5.41, 5.74) is 9.05. The van der Waals surface area contributed by atoms with E-state index in [2.05, 4.69) is 10.3 Å². The van der Waals surface area contributed by atoms with E-state index < -0.39 is 11.7 Å². The molecular weight excluding hydrogens is 296 g/mol. The Morgan fingerprint density at radius 2 is 2.22 bits per heavy atom. The highest BCUT2D eigenvalue weighted by Crippen LogP contribution is 2.22. The van der Waals surface area contributed by atoms with Crippen LogP contribution in [-0.2, 0) is 13.0 Å². The molecule has 3 aromatic rings. The number of carbonyl (C=O) groups excluding carboxylic acids is 1. The molecule has 0 fully saturated rings. The van der Waals surface area contributed by atoms with Gasteiger partial charge in [0.15, 0.2) is 5.58 Å². The van der Waals surface area contributed by atoms with Gasteiger partial charge in [0.05, 0.1) is 11.3 Å². The first-order valence-electron chi connectivity index (χ1n) is 7.28. The van der Waals surface area contributed by atoms with Gasteiger partial charge in [-0.3, -0.25) is 9.78 Å². The van der Waals surface area contributed by atoms with Gasteiger partial charge in [-0.1, -0.05) is 6.07 Å². The molecule has 7 heteroatoms. The Kier molecular flexibility index (Phi) is 3.02. The minimum Gasteiger partial charge on any atom is -0.405 e. The predicted octanol–water partition coefficient (Wildman–Crippen LogP) is 0.906. The summed E-state index contributed by atoms with van der Waals surface area (Å²) in [7, 11) is 0. The molecule has 0 atom stereocenters. The van der Waals surface area contributed by atoms with Crippen molar-refractivity contribution < 1.29 is 9.21 Å². The van der Waals surface area contributed by atoms with Crippen molar-refractivity contribution in [3.8, 4) is 0 Å². The van der Waals surface area contributed by atoms with Gasteiger partial charge in [-0.05, 0) is 36.2 Å². The highest BCUT2D eigenvalue weighted by atomic mass is 16.4. The zero-order chi connectivity index (χ0) is 16.0. The number of rotatable bonds is 1. The Labute approximate surface area is 130 Å². The van der Waals surface area contributed by atoms with Crippen LogP contribution in [0.2, 0.25) is 0 Å². The van der Waals surface area contributed by atoms with Crippen LogP contribution in [-0.4, -0.2) is 22.0 Å². The first-order valence-corrected chi connectivity index (χ1v) is 7.28. The quantitative estimate of drug-likeness (QED) is 0.647. The monoisotopic (exact) mass is 310 g/mol. The Bertz CT molecular complexity index is 987. The Balaban J connectivity index is 1.93. The molecule has 0 saturated heterocycles. The van der Waals surface area contributed by atoms with Crippen molar-refractivity contribution in [1.29, 1.82) is 0 Å². The van der Waals surface area contributed by atoms with Crippen LogP contribution in [0.5, 0.6) is 0 Å². The van der Waals surface area contributed by atoms with Gasteiger partial charge < -0.3 is 15.5 Å². The number of benzene rings is 1. The molecule has 23 heavy (non-hydrogen) atoms. The number of nitrogens with two attached hydrogens (primary N) is 1. The summed E-state index contributed by atoms with van der Waals surface area (Å²) in [6, 6.07) is 4.94. The average molecular weight is 310 g/mol. The molecule has 0 amide bonds. The number of para-hydroxylation sites is 1. The van der Waals surface area contributed by atoms with E-state index in [-0.39, 0.29) is 5.58 Å². The Morgan fingerprint density at radius 1 is 1.35 bits per heavy atom. The molecule has 0 unspecified atom stereocenters. The second-order valence-corrected chi connectivity index (χ2v) is 5.46. The number of pyridine rings is 1. The van der Waals surface area contributed by atoms with Crippen LogP contribution >= 0.6 is 0 Å². The highest BCUT2D eigenvalue weighted by Gasteiger charge is 2.23. The lowest BCUT2D eigenvalue weighted by atomic mass is 9.98. The Morgan fingerprint density at radius 3 is 3.09 bits per heavy atom. The van der Waals surface area contributed by atoms with Crippen LogP contribution in [0.15, 0.2) is 39.8 Å². The van der Waals surface area contributed by atoms with Gasteiger partial charge in [-0.15, -0.1) is 0 Å². The predicted molar refractivity (Wildman–Crippen MR) is 84.3 cm³/mol. The van der Waals surface area contributed by atoms with Crippen LogP contribution in [0, 0.1) is 0 Å². The van der Waals surface area contributed by atoms with Gasteiger partial charge in [0, 0.05) is 18.9 Å². The zero-order valence-electron chi connectivity index (χ0n) is 12.2. The molecule has 3 heterocycles. The molecule has 2 aromatic heterocycles. The van der Waals surface area contributed by atoms with Crippen LogP contribution in [0.3, 0.4) is 0 Å². The van der Waals surface area contributed by atoms with Crippen molar-refractivity contribution in [3.05, 3.63) is 57.8 Å². The number of oxazole rings is 1. The molecular formula is C16H14N4O3. The summed E-state index contributed by atoms with van der Waals surface area (Å²) in [4.78, 5) is 29.2. The van der Waals surface area contributed by atoms with Crippen LogP contribution in [0.25, 0.3) is 11.1 Å². The molecule has 0 bridgehead atoms. The number of fused-ring (bicyclic) bond motifs is 2. The minimum atomic E-state index is -0.741. The number of nitrogen functional groups attached to an aromatic ring is 1. The Hall–Kier alpha value is -2.93. The average Bonchev–Trinajstić information content (AvgIpc) is 2.91. The summed E-state index contributed by atoms with van der Waals surface area (Å²) < 4.78 is 6.16. The maximum absolute atomic E-state index is 12.9. The highest BCUT2D eigenvalue weighted by molar-refractivity contribution is 6.03. The van der Waals surface area contributed by atoms with Crippen molar-refractivity contribution in [1.82, 2.24) is 14.9 Å². The fourth-order valence-corrected chi connectivity index (χ4v) is 2.97. The second kappa shape index (κ2) is 5.06. The number of hydrogen-bond acceptors (Lipinski definition) is 6. The minimum absolute atomic E-state index is 0.227. The van der Waals surface area contributed by atoms with Gasteiger partial charge >= 0.3 is 5.76 Å². The first-order chi connectivity index (χ1) is 11.2. The molecule has 1 aliphatic heterocycles. The van der Waals surface area contributed by atoms with Gasteiger partial charge in [-0.2, -0.15) is 0 Å². The summed E-state index contributed by atoms with van der Waals surface area (Å²) >= 11 is 0. The smallest absolute Gasteiger partial charge is 0.405 e. The number of hydrogen-bond donors (Lipinski definition) is 2. The van der Waals surface area contributed by atoms with E-state index in [0.29, 0.717) is 29.7 Å². The van der Waals surface area contributed by atoms with Gasteiger partial charge in [0.1, 0.15) is 5.52 Å². The topological polar surface area (TPSA) is 103 Å². The molecule has 0 saturated carbocycles. The number of nitrogens with one attached hydrogen (secondary N) is 1. The van der Waals surface area contributed by atoms with Gasteiger partial charge in [-0.25, -0.2) is 9.36 Å². The van der Waals surface area contributed by atoms with Gasteiger partial charge in [0.2, 0.25) is 0 Å². The maximum Gasteiger partial charge on any atom is 0.427 e. The normalized spacial score (nSPS) is 13.9. The maximum atomic E-state index is 12.9. The lowest BCUT2D eigenvalue weighted by Crippen LogP contribution is -2.29. The fourth-order valence-electron chi connectivity index (χ4n) is 2.97. The molecule has 0 radical (unpaired) electrons. The van der Waals surface area contributed by atoms with E-state index in [1.165, 1.54) is 6.20 Å². The summed E-state index contributed by atoms with van der Waals surface area (Å²) in [5, 5.41) is 3.24. The first kappa shape index (κ1) is 13.7. The van der Waals surface area contributed by atoms with E-state index >= 15 is 0 Å². The molecule has 7 nitrogen and oxygen atoms in total. The number of nitrogens with zero attached hydrogens (tertiary/aromatic N) is 2. The molecule has 0 spiro atoms. The molecule has 1 aliphatic rings. The van der Waals surface area contributed by atoms with Crippen molar-refractivity contribution in [3.63, 3.8) is 0 Å². The number of aromatic nitrogens is 2. The summed E-state index contributed by atoms with van der Waals surface area (Å²) in [6.07, 6.45) is 3.96. The van der Waals surface area contributed by atoms with Crippen LogP contribution < -0.4 is 16.8 Å². The van der Waals surface area contributed by atoms with E-state index in [9.17, 15) is 9.59 Å². The summed E-state index contributed by atoms with van der Waals surface area (Å²) in [6.45, 7) is 1.45. The van der Waals surface area contributed by atoms with E-state index in [4.69, 9.17) is 10.2 Å². The number of anilines is 1. The molecule has 0 aliphatic carbocycles. The molecule has 3 N–H and O–H groups in total. The lowest BCUT2D eigenvalue weighted by molar-refractivity contribution is 0.0955. The third-order valence-corrected chi connectivity index (χ3v) is 4.09. The third kappa shape index (κ3) is 2.05. The lowest BCUT2D eigenvalue weighted by Gasteiger charge is -2.18. The van der Waals surface area contributed by atoms with Crippen molar-refractivity contribution in [2.45, 2.75) is 13.0 Å². The molecule has 4 rings (SSSR count). The van der Waals surface area contributed by atoms with Crippen molar-refractivity contribution >= 4 is 22.7 Å².